The predicted octanol–water partition coefficient (Wildman–Crippen LogP) is -1.06. The predicted molar refractivity (Wildman–Crippen MR) is 46.3 cm³/mol. The van der Waals surface area contributed by atoms with Gasteiger partial charge in [0.25, 0.3) is 5.91 Å². The Bertz CT molecular complexity index is 139. The van der Waals surface area contributed by atoms with Crippen molar-refractivity contribution in [1.29, 1.82) is 0 Å². The highest BCUT2D eigenvalue weighted by atomic mass is 16.5. The summed E-state index contributed by atoms with van der Waals surface area (Å²) in [7, 11) is 5.05. The summed E-state index contributed by atoms with van der Waals surface area (Å²) < 4.78 is 4.79. The number of methoxy groups -OCH3 is 1. The Hall–Kier alpha value is -0.650. The van der Waals surface area contributed by atoms with Gasteiger partial charge in [-0.1, -0.05) is 0 Å². The number of rotatable bonds is 5. The highest BCUT2D eigenvalue weighted by molar-refractivity contribution is 5.80. The first-order chi connectivity index (χ1) is 5.57. The third kappa shape index (κ3) is 5.06. The van der Waals surface area contributed by atoms with Crippen molar-refractivity contribution in [2.45, 2.75) is 12.5 Å². The van der Waals surface area contributed by atoms with E-state index >= 15 is 0 Å². The number of carbonyl (C=O) groups excluding carboxylic acids is 1. The second kappa shape index (κ2) is 5.93. The summed E-state index contributed by atoms with van der Waals surface area (Å²) in [6.07, 6.45) is 0.538. The van der Waals surface area contributed by atoms with Crippen LogP contribution in [0.3, 0.4) is 0 Å². The van der Waals surface area contributed by atoms with Crippen LogP contribution in [0.5, 0.6) is 0 Å². The molecular formula is C7H17N3O2. The average Bonchev–Trinajstić information content (AvgIpc) is 1.98. The van der Waals surface area contributed by atoms with Gasteiger partial charge in [0.1, 0.15) is 0 Å². The summed E-state index contributed by atoms with van der Waals surface area (Å²) in [4.78, 5) is 11.1. The van der Waals surface area contributed by atoms with E-state index in [4.69, 9.17) is 10.5 Å². The topological polar surface area (TPSA) is 67.6 Å². The molecule has 0 aliphatic carbocycles. The minimum absolute atomic E-state index is 0.183. The Kier molecular flexibility index (Phi) is 5.61. The maximum absolute atomic E-state index is 11.1. The van der Waals surface area contributed by atoms with Crippen molar-refractivity contribution in [2.75, 3.05) is 27.8 Å². The monoisotopic (exact) mass is 175 g/mol. The Labute approximate surface area is 72.8 Å². The van der Waals surface area contributed by atoms with Gasteiger partial charge in [0, 0.05) is 27.8 Å². The SMILES string of the molecule is COCCC(N)C(=O)NN(C)C. The second-order valence-corrected chi connectivity index (χ2v) is 2.76. The van der Waals surface area contributed by atoms with Gasteiger partial charge < -0.3 is 10.5 Å². The van der Waals surface area contributed by atoms with E-state index in [0.717, 1.165) is 0 Å². The van der Waals surface area contributed by atoms with Gasteiger partial charge in [-0.3, -0.25) is 10.2 Å². The summed E-state index contributed by atoms with van der Waals surface area (Å²) in [6.45, 7) is 0.502. The fraction of sp³-hybridized carbons (Fsp3) is 0.857. The fourth-order valence-corrected chi connectivity index (χ4v) is 0.679. The van der Waals surface area contributed by atoms with Crippen LogP contribution < -0.4 is 11.2 Å². The van der Waals surface area contributed by atoms with E-state index in [0.29, 0.717) is 13.0 Å². The highest BCUT2D eigenvalue weighted by Gasteiger charge is 2.12. The van der Waals surface area contributed by atoms with Crippen LogP contribution >= 0.6 is 0 Å². The quantitative estimate of drug-likeness (QED) is 0.523. The molecule has 72 valence electrons. The van der Waals surface area contributed by atoms with Crippen LogP contribution in [0.15, 0.2) is 0 Å². The van der Waals surface area contributed by atoms with Gasteiger partial charge in [0.05, 0.1) is 6.04 Å². The fourth-order valence-electron chi connectivity index (χ4n) is 0.679. The number of nitrogens with zero attached hydrogens (tertiary/aromatic N) is 1. The minimum Gasteiger partial charge on any atom is -0.385 e. The van der Waals surface area contributed by atoms with Crippen LogP contribution in [0, 0.1) is 0 Å². The lowest BCUT2D eigenvalue weighted by molar-refractivity contribution is -0.126. The van der Waals surface area contributed by atoms with Crippen LogP contribution in [0.25, 0.3) is 0 Å². The van der Waals surface area contributed by atoms with Crippen molar-refractivity contribution >= 4 is 5.91 Å². The maximum Gasteiger partial charge on any atom is 0.251 e. The highest BCUT2D eigenvalue weighted by Crippen LogP contribution is 1.88. The molecule has 0 aromatic heterocycles. The van der Waals surface area contributed by atoms with Crippen LogP contribution in [0.1, 0.15) is 6.42 Å². The molecule has 0 fully saturated rings. The molecule has 0 aromatic carbocycles. The summed E-state index contributed by atoms with van der Waals surface area (Å²) in [5, 5.41) is 1.56. The molecule has 0 bridgehead atoms. The molecule has 0 radical (unpaired) electrons. The third-order valence-corrected chi connectivity index (χ3v) is 1.30. The van der Waals surface area contributed by atoms with Crippen molar-refractivity contribution in [3.05, 3.63) is 0 Å². The number of carbonyl (C=O) groups is 1. The number of amides is 1. The van der Waals surface area contributed by atoms with E-state index in [9.17, 15) is 4.79 Å². The van der Waals surface area contributed by atoms with Gasteiger partial charge in [0.15, 0.2) is 0 Å². The summed E-state index contributed by atoms with van der Waals surface area (Å²) in [5.74, 6) is -0.183. The molecule has 3 N–H and O–H groups in total. The third-order valence-electron chi connectivity index (χ3n) is 1.30. The first-order valence-electron chi connectivity index (χ1n) is 3.80. The van der Waals surface area contributed by atoms with E-state index in [2.05, 4.69) is 5.43 Å². The van der Waals surface area contributed by atoms with Crippen molar-refractivity contribution in [3.8, 4) is 0 Å². The maximum atomic E-state index is 11.1. The van der Waals surface area contributed by atoms with E-state index in [1.165, 1.54) is 0 Å². The Morgan fingerprint density at radius 2 is 2.25 bits per heavy atom. The molecule has 5 nitrogen and oxygen atoms in total. The number of hydrogen-bond donors (Lipinski definition) is 2. The van der Waals surface area contributed by atoms with E-state index in [1.54, 1.807) is 26.2 Å². The van der Waals surface area contributed by atoms with Gasteiger partial charge >= 0.3 is 0 Å². The molecule has 0 rings (SSSR count). The summed E-state index contributed by atoms with van der Waals surface area (Å²) in [6, 6.07) is -0.493. The Balaban J connectivity index is 3.61. The van der Waals surface area contributed by atoms with Crippen LogP contribution in [0.4, 0.5) is 0 Å². The molecule has 0 aliphatic heterocycles. The van der Waals surface area contributed by atoms with Gasteiger partial charge in [-0.2, -0.15) is 0 Å². The van der Waals surface area contributed by atoms with Gasteiger partial charge in [-0.15, -0.1) is 0 Å². The van der Waals surface area contributed by atoms with Crippen molar-refractivity contribution in [3.63, 3.8) is 0 Å². The van der Waals surface area contributed by atoms with Gasteiger partial charge in [-0.25, -0.2) is 5.01 Å². The van der Waals surface area contributed by atoms with Crippen molar-refractivity contribution in [2.24, 2.45) is 5.73 Å². The van der Waals surface area contributed by atoms with Crippen LogP contribution in [-0.4, -0.2) is 44.8 Å². The second-order valence-electron chi connectivity index (χ2n) is 2.76. The largest absolute Gasteiger partial charge is 0.385 e. The van der Waals surface area contributed by atoms with E-state index < -0.39 is 6.04 Å². The first kappa shape index (κ1) is 11.4. The molecule has 0 aromatic rings. The molecule has 0 aliphatic rings. The number of ether oxygens (including phenoxy) is 1. The molecule has 0 saturated carbocycles. The molecule has 1 amide bonds. The Morgan fingerprint density at radius 3 is 2.67 bits per heavy atom. The minimum atomic E-state index is -0.493. The van der Waals surface area contributed by atoms with Crippen LogP contribution in [-0.2, 0) is 9.53 Å². The standard InChI is InChI=1S/C7H17N3O2/c1-10(2)9-7(11)6(8)4-5-12-3/h6H,4-5,8H2,1-3H3,(H,9,11). The molecule has 1 unspecified atom stereocenters. The van der Waals surface area contributed by atoms with Crippen LogP contribution in [0.2, 0.25) is 0 Å². The lowest BCUT2D eigenvalue weighted by Gasteiger charge is -2.15. The molecular weight excluding hydrogens is 158 g/mol. The molecule has 0 heterocycles. The van der Waals surface area contributed by atoms with Crippen molar-refractivity contribution in [1.82, 2.24) is 10.4 Å². The number of hydrazine groups is 1. The summed E-state index contributed by atoms with van der Waals surface area (Å²) in [5.41, 5.74) is 8.10. The zero-order valence-electron chi connectivity index (χ0n) is 7.83. The molecule has 0 saturated heterocycles. The number of hydrogen-bond acceptors (Lipinski definition) is 4. The number of nitrogens with one attached hydrogen (secondary N) is 1. The average molecular weight is 175 g/mol. The zero-order chi connectivity index (χ0) is 9.56. The molecule has 5 heteroatoms. The molecule has 12 heavy (non-hydrogen) atoms. The smallest absolute Gasteiger partial charge is 0.251 e. The van der Waals surface area contributed by atoms with E-state index in [1.807, 2.05) is 0 Å². The lowest BCUT2D eigenvalue weighted by atomic mass is 10.2. The van der Waals surface area contributed by atoms with Gasteiger partial charge in [-0.05, 0) is 6.42 Å². The Morgan fingerprint density at radius 1 is 1.67 bits per heavy atom. The molecule has 1 atom stereocenters. The normalized spacial score (nSPS) is 13.1. The van der Waals surface area contributed by atoms with Crippen molar-refractivity contribution < 1.29 is 9.53 Å². The summed E-state index contributed by atoms with van der Waals surface area (Å²) >= 11 is 0. The van der Waals surface area contributed by atoms with Gasteiger partial charge in [0.2, 0.25) is 0 Å². The van der Waals surface area contributed by atoms with E-state index in [-0.39, 0.29) is 5.91 Å². The zero-order valence-corrected chi connectivity index (χ0v) is 7.83. The first-order valence-corrected chi connectivity index (χ1v) is 3.80. The lowest BCUT2D eigenvalue weighted by Crippen LogP contribution is -2.46. The number of nitrogens with two attached hydrogens (primary N) is 1. The molecule has 0 spiro atoms.